The van der Waals surface area contributed by atoms with Gasteiger partial charge in [-0.15, -0.1) is 0 Å². The van der Waals surface area contributed by atoms with Crippen LogP contribution in [0.4, 0.5) is 4.79 Å². The van der Waals surface area contributed by atoms with Crippen LogP contribution in [0.15, 0.2) is 30.3 Å². The lowest BCUT2D eigenvalue weighted by Gasteiger charge is -2.29. The lowest BCUT2D eigenvalue weighted by Crippen LogP contribution is -2.49. The number of nitrogens with zero attached hydrogens (tertiary/aromatic N) is 1. The molecule has 2 N–H and O–H groups in total. The van der Waals surface area contributed by atoms with Gasteiger partial charge in [0.2, 0.25) is 0 Å². The van der Waals surface area contributed by atoms with Crippen LogP contribution < -0.4 is 5.73 Å². The highest BCUT2D eigenvalue weighted by molar-refractivity contribution is 5.75. The molecule has 1 aliphatic heterocycles. The molecule has 1 aromatic rings. The maximum absolute atomic E-state index is 12.4. The smallest absolute Gasteiger partial charge is 0.410 e. The van der Waals surface area contributed by atoms with Gasteiger partial charge in [0.15, 0.2) is 0 Å². The SMILES string of the molecule is CCOC(=O)C(C)C1C(N)CCN1C(=O)OCc1ccccc1. The molecule has 0 bridgehead atoms. The van der Waals surface area contributed by atoms with Gasteiger partial charge in [0.25, 0.3) is 0 Å². The molecular weight excluding hydrogens is 296 g/mol. The van der Waals surface area contributed by atoms with Crippen molar-refractivity contribution in [1.29, 1.82) is 0 Å². The quantitative estimate of drug-likeness (QED) is 0.838. The number of rotatable bonds is 5. The van der Waals surface area contributed by atoms with Gasteiger partial charge in [-0.05, 0) is 25.8 Å². The first-order valence-corrected chi connectivity index (χ1v) is 7.94. The van der Waals surface area contributed by atoms with Gasteiger partial charge in [-0.25, -0.2) is 4.79 Å². The Balaban J connectivity index is 1.99. The van der Waals surface area contributed by atoms with E-state index in [9.17, 15) is 9.59 Å². The van der Waals surface area contributed by atoms with E-state index in [-0.39, 0.29) is 18.6 Å². The third-order valence-corrected chi connectivity index (χ3v) is 4.11. The average Bonchev–Trinajstić information content (AvgIpc) is 2.94. The summed E-state index contributed by atoms with van der Waals surface area (Å²) in [6.45, 7) is 4.50. The molecular formula is C17H24N2O4. The van der Waals surface area contributed by atoms with Gasteiger partial charge in [-0.1, -0.05) is 30.3 Å². The molecule has 0 radical (unpaired) electrons. The van der Waals surface area contributed by atoms with E-state index in [1.165, 1.54) is 0 Å². The van der Waals surface area contributed by atoms with Gasteiger partial charge in [0.1, 0.15) is 6.61 Å². The summed E-state index contributed by atoms with van der Waals surface area (Å²) in [5.74, 6) is -0.813. The zero-order valence-electron chi connectivity index (χ0n) is 13.6. The molecule has 1 amide bonds. The van der Waals surface area contributed by atoms with Crippen LogP contribution in [0.25, 0.3) is 0 Å². The predicted octanol–water partition coefficient (Wildman–Crippen LogP) is 1.92. The van der Waals surface area contributed by atoms with Crippen LogP contribution in [0.3, 0.4) is 0 Å². The monoisotopic (exact) mass is 320 g/mol. The first-order chi connectivity index (χ1) is 11.0. The van der Waals surface area contributed by atoms with Crippen molar-refractivity contribution < 1.29 is 19.1 Å². The van der Waals surface area contributed by atoms with Crippen LogP contribution in [0.1, 0.15) is 25.8 Å². The molecule has 126 valence electrons. The van der Waals surface area contributed by atoms with E-state index in [1.54, 1.807) is 18.7 Å². The minimum atomic E-state index is -0.475. The van der Waals surface area contributed by atoms with Gasteiger partial charge in [-0.2, -0.15) is 0 Å². The van der Waals surface area contributed by atoms with E-state index in [2.05, 4.69) is 0 Å². The maximum Gasteiger partial charge on any atom is 0.410 e. The molecule has 6 nitrogen and oxygen atoms in total. The summed E-state index contributed by atoms with van der Waals surface area (Å²) in [4.78, 5) is 25.9. The van der Waals surface area contributed by atoms with E-state index in [0.717, 1.165) is 5.56 Å². The van der Waals surface area contributed by atoms with Crippen molar-refractivity contribution in [1.82, 2.24) is 4.90 Å². The fraction of sp³-hybridized carbons (Fsp3) is 0.529. The zero-order chi connectivity index (χ0) is 16.8. The molecule has 1 heterocycles. The van der Waals surface area contributed by atoms with Crippen molar-refractivity contribution in [2.45, 2.75) is 39.0 Å². The molecule has 0 saturated carbocycles. The lowest BCUT2D eigenvalue weighted by atomic mass is 9.96. The second-order valence-electron chi connectivity index (χ2n) is 5.72. The third kappa shape index (κ3) is 4.22. The van der Waals surface area contributed by atoms with Gasteiger partial charge in [-0.3, -0.25) is 4.79 Å². The van der Waals surface area contributed by atoms with E-state index in [1.807, 2.05) is 30.3 Å². The summed E-state index contributed by atoms with van der Waals surface area (Å²) in [5.41, 5.74) is 7.01. The van der Waals surface area contributed by atoms with Crippen LogP contribution in [-0.2, 0) is 20.9 Å². The number of amides is 1. The normalized spacial score (nSPS) is 21.8. The zero-order valence-corrected chi connectivity index (χ0v) is 13.6. The fourth-order valence-corrected chi connectivity index (χ4v) is 2.91. The van der Waals surface area contributed by atoms with E-state index in [0.29, 0.717) is 19.6 Å². The summed E-state index contributed by atoms with van der Waals surface area (Å²) in [7, 11) is 0. The number of hydrogen-bond donors (Lipinski definition) is 1. The molecule has 3 unspecified atom stereocenters. The Morgan fingerprint density at radius 2 is 2.00 bits per heavy atom. The van der Waals surface area contributed by atoms with Crippen molar-refractivity contribution in [2.75, 3.05) is 13.2 Å². The Kier molecular flexibility index (Phi) is 5.98. The van der Waals surface area contributed by atoms with Crippen LogP contribution in [0, 0.1) is 5.92 Å². The van der Waals surface area contributed by atoms with Crippen LogP contribution >= 0.6 is 0 Å². The van der Waals surface area contributed by atoms with Crippen LogP contribution in [0.5, 0.6) is 0 Å². The summed E-state index contributed by atoms with van der Waals surface area (Å²) in [6, 6.07) is 8.82. The number of likely N-dealkylation sites (tertiary alicyclic amines) is 1. The van der Waals surface area contributed by atoms with Gasteiger partial charge in [0.05, 0.1) is 18.6 Å². The number of hydrogen-bond acceptors (Lipinski definition) is 5. The van der Waals surface area contributed by atoms with E-state index in [4.69, 9.17) is 15.2 Å². The highest BCUT2D eigenvalue weighted by Crippen LogP contribution is 2.25. The van der Waals surface area contributed by atoms with Crippen molar-refractivity contribution in [3.63, 3.8) is 0 Å². The topological polar surface area (TPSA) is 81.9 Å². The number of ether oxygens (including phenoxy) is 2. The first-order valence-electron chi connectivity index (χ1n) is 7.94. The molecule has 1 aromatic carbocycles. The number of esters is 1. The molecule has 1 fully saturated rings. The minimum absolute atomic E-state index is 0.200. The molecule has 0 aliphatic carbocycles. The predicted molar refractivity (Wildman–Crippen MR) is 85.5 cm³/mol. The summed E-state index contributed by atoms with van der Waals surface area (Å²) in [6.07, 6.45) is 0.206. The second kappa shape index (κ2) is 7.97. The molecule has 1 saturated heterocycles. The van der Waals surface area contributed by atoms with Crippen molar-refractivity contribution in [2.24, 2.45) is 11.7 Å². The molecule has 2 rings (SSSR count). The van der Waals surface area contributed by atoms with E-state index < -0.39 is 18.1 Å². The Hall–Kier alpha value is -2.08. The Morgan fingerprint density at radius 1 is 1.30 bits per heavy atom. The van der Waals surface area contributed by atoms with Crippen molar-refractivity contribution >= 4 is 12.1 Å². The summed E-state index contributed by atoms with van der Waals surface area (Å²) in [5, 5.41) is 0. The van der Waals surface area contributed by atoms with Crippen LogP contribution in [0.2, 0.25) is 0 Å². The molecule has 1 aliphatic rings. The molecule has 0 aromatic heterocycles. The first kappa shape index (κ1) is 17.3. The summed E-state index contributed by atoms with van der Waals surface area (Å²) < 4.78 is 10.4. The maximum atomic E-state index is 12.4. The Bertz CT molecular complexity index is 535. The van der Waals surface area contributed by atoms with Gasteiger partial charge < -0.3 is 20.1 Å². The summed E-state index contributed by atoms with van der Waals surface area (Å²) >= 11 is 0. The Morgan fingerprint density at radius 3 is 2.65 bits per heavy atom. The largest absolute Gasteiger partial charge is 0.466 e. The highest BCUT2D eigenvalue weighted by Gasteiger charge is 2.42. The molecule has 3 atom stereocenters. The molecule has 23 heavy (non-hydrogen) atoms. The number of nitrogens with two attached hydrogens (primary N) is 1. The third-order valence-electron chi connectivity index (χ3n) is 4.11. The number of carbonyl (C=O) groups is 2. The molecule has 0 spiro atoms. The van der Waals surface area contributed by atoms with Gasteiger partial charge >= 0.3 is 12.1 Å². The van der Waals surface area contributed by atoms with Crippen LogP contribution in [-0.4, -0.2) is 42.2 Å². The standard InChI is InChI=1S/C17H24N2O4/c1-3-22-16(20)12(2)15-14(18)9-10-19(15)17(21)23-11-13-7-5-4-6-8-13/h4-8,12,14-15H,3,9-11,18H2,1-2H3. The second-order valence-corrected chi connectivity index (χ2v) is 5.72. The fourth-order valence-electron chi connectivity index (χ4n) is 2.91. The Labute approximate surface area is 136 Å². The molecule has 6 heteroatoms. The minimum Gasteiger partial charge on any atom is -0.466 e. The van der Waals surface area contributed by atoms with Crippen molar-refractivity contribution in [3.8, 4) is 0 Å². The number of carbonyl (C=O) groups excluding carboxylic acids is 2. The highest BCUT2D eigenvalue weighted by atomic mass is 16.6. The van der Waals surface area contributed by atoms with Gasteiger partial charge in [0, 0.05) is 12.6 Å². The number of benzene rings is 1. The lowest BCUT2D eigenvalue weighted by molar-refractivity contribution is -0.149. The average molecular weight is 320 g/mol. The van der Waals surface area contributed by atoms with E-state index >= 15 is 0 Å². The van der Waals surface area contributed by atoms with Crippen molar-refractivity contribution in [3.05, 3.63) is 35.9 Å².